The molecular weight excluding hydrogens is 362 g/mol. The van der Waals surface area contributed by atoms with Crippen LogP contribution in [0.1, 0.15) is 43.9 Å². The molecule has 1 aliphatic rings. The summed E-state index contributed by atoms with van der Waals surface area (Å²) in [5, 5.41) is 0.558. The number of aryl methyl sites for hydroxylation is 1. The van der Waals surface area contributed by atoms with Crippen LogP contribution in [0.4, 0.5) is 0 Å². The number of carbonyl (C=O) groups is 1. The molecule has 0 N–H and O–H groups in total. The van der Waals surface area contributed by atoms with Crippen LogP contribution < -0.4 is 9.47 Å². The molecule has 2 aromatic carbocycles. The van der Waals surface area contributed by atoms with Gasteiger partial charge in [-0.3, -0.25) is 4.79 Å². The number of rotatable bonds is 5. The predicted octanol–water partition coefficient (Wildman–Crippen LogP) is 5.18. The number of likely N-dealkylation sites (tertiary alicyclic amines) is 1. The van der Waals surface area contributed by atoms with E-state index in [1.807, 2.05) is 4.90 Å². The van der Waals surface area contributed by atoms with Crippen LogP contribution in [0.25, 0.3) is 0 Å². The summed E-state index contributed by atoms with van der Waals surface area (Å²) in [5.41, 5.74) is 1.37. The van der Waals surface area contributed by atoms with Crippen molar-refractivity contribution in [2.75, 3.05) is 13.7 Å². The van der Waals surface area contributed by atoms with Gasteiger partial charge in [-0.1, -0.05) is 41.4 Å². The normalized spacial score (nSPS) is 17.1. The fourth-order valence-electron chi connectivity index (χ4n) is 3.54. The van der Waals surface area contributed by atoms with Crippen LogP contribution in [0.15, 0.2) is 42.5 Å². The Morgan fingerprint density at radius 3 is 2.52 bits per heavy atom. The van der Waals surface area contributed by atoms with Crippen LogP contribution in [0.3, 0.4) is 0 Å². The van der Waals surface area contributed by atoms with Crippen LogP contribution >= 0.6 is 11.6 Å². The maximum Gasteiger partial charge on any atom is 0.266 e. The van der Waals surface area contributed by atoms with Gasteiger partial charge < -0.3 is 14.4 Å². The Kier molecular flexibility index (Phi) is 5.66. The van der Waals surface area contributed by atoms with Gasteiger partial charge in [-0.2, -0.15) is 0 Å². The topological polar surface area (TPSA) is 38.8 Å². The molecule has 5 heteroatoms. The van der Waals surface area contributed by atoms with Gasteiger partial charge in [-0.25, -0.2) is 0 Å². The first-order valence-corrected chi connectivity index (χ1v) is 9.60. The van der Waals surface area contributed by atoms with E-state index in [4.69, 9.17) is 21.1 Å². The van der Waals surface area contributed by atoms with E-state index in [-0.39, 0.29) is 11.9 Å². The second-order valence-corrected chi connectivity index (χ2v) is 7.91. The predicted molar refractivity (Wildman–Crippen MR) is 108 cm³/mol. The lowest BCUT2D eigenvalue weighted by Crippen LogP contribution is -2.48. The van der Waals surface area contributed by atoms with E-state index < -0.39 is 5.60 Å². The Hall–Kier alpha value is -2.20. The van der Waals surface area contributed by atoms with Crippen LogP contribution in [0.2, 0.25) is 5.02 Å². The number of hydrogen-bond donors (Lipinski definition) is 0. The highest BCUT2D eigenvalue weighted by Gasteiger charge is 2.40. The number of ether oxygens (including phenoxy) is 2. The van der Waals surface area contributed by atoms with Crippen molar-refractivity contribution in [2.24, 2.45) is 0 Å². The zero-order chi connectivity index (χ0) is 19.6. The first-order chi connectivity index (χ1) is 12.8. The Morgan fingerprint density at radius 1 is 1.15 bits per heavy atom. The number of hydrogen-bond acceptors (Lipinski definition) is 3. The maximum absolute atomic E-state index is 13.3. The first kappa shape index (κ1) is 19.6. The Labute approximate surface area is 166 Å². The summed E-state index contributed by atoms with van der Waals surface area (Å²) in [6.07, 6.45) is 1.96. The van der Waals surface area contributed by atoms with Crippen molar-refractivity contribution in [3.05, 3.63) is 58.6 Å². The largest absolute Gasteiger partial charge is 0.493 e. The van der Waals surface area contributed by atoms with Crippen LogP contribution in [-0.2, 0) is 4.79 Å². The minimum atomic E-state index is -1.02. The zero-order valence-corrected chi connectivity index (χ0v) is 17.0. The molecule has 0 radical (unpaired) electrons. The Morgan fingerprint density at radius 2 is 1.85 bits per heavy atom. The van der Waals surface area contributed by atoms with Crippen molar-refractivity contribution in [3.63, 3.8) is 0 Å². The molecule has 1 amide bonds. The average molecular weight is 388 g/mol. The van der Waals surface area contributed by atoms with Crippen molar-refractivity contribution in [3.8, 4) is 11.5 Å². The standard InChI is InChI=1S/C22H26ClNO3/c1-15-7-9-16(10-8-15)18-6-5-13-24(18)21(25)22(2,3)27-19-12-11-17(23)14-20(19)26-4/h7-12,14,18H,5-6,13H2,1-4H3. The third-order valence-corrected chi connectivity index (χ3v) is 5.22. The highest BCUT2D eigenvalue weighted by atomic mass is 35.5. The van der Waals surface area contributed by atoms with Crippen LogP contribution in [0, 0.1) is 6.92 Å². The SMILES string of the molecule is COc1cc(Cl)ccc1OC(C)(C)C(=O)N1CCCC1c1ccc(C)cc1. The number of halogens is 1. The Balaban J connectivity index is 1.81. The van der Waals surface area contributed by atoms with Gasteiger partial charge in [0, 0.05) is 17.6 Å². The molecule has 2 aromatic rings. The Bertz CT molecular complexity index is 817. The highest BCUT2D eigenvalue weighted by molar-refractivity contribution is 6.30. The van der Waals surface area contributed by atoms with E-state index in [2.05, 4.69) is 31.2 Å². The molecule has 0 aliphatic carbocycles. The maximum atomic E-state index is 13.3. The number of amides is 1. The van der Waals surface area contributed by atoms with E-state index in [0.717, 1.165) is 19.4 Å². The number of benzene rings is 2. The van der Waals surface area contributed by atoms with Crippen molar-refractivity contribution in [2.45, 2.75) is 45.3 Å². The van der Waals surface area contributed by atoms with Gasteiger partial charge in [0.2, 0.25) is 0 Å². The molecular formula is C22H26ClNO3. The van der Waals surface area contributed by atoms with E-state index in [0.29, 0.717) is 16.5 Å². The number of methoxy groups -OCH3 is 1. The van der Waals surface area contributed by atoms with Crippen molar-refractivity contribution in [1.82, 2.24) is 4.90 Å². The molecule has 4 nitrogen and oxygen atoms in total. The summed E-state index contributed by atoms with van der Waals surface area (Å²) < 4.78 is 11.4. The van der Waals surface area contributed by atoms with E-state index >= 15 is 0 Å². The van der Waals surface area contributed by atoms with Gasteiger partial charge in [0.25, 0.3) is 5.91 Å². The third kappa shape index (κ3) is 4.22. The van der Waals surface area contributed by atoms with Gasteiger partial charge in [0.05, 0.1) is 13.2 Å². The van der Waals surface area contributed by atoms with Gasteiger partial charge in [-0.15, -0.1) is 0 Å². The number of carbonyl (C=O) groups excluding carboxylic acids is 1. The fourth-order valence-corrected chi connectivity index (χ4v) is 3.70. The van der Waals surface area contributed by atoms with E-state index in [1.54, 1.807) is 39.2 Å². The zero-order valence-electron chi connectivity index (χ0n) is 16.3. The molecule has 1 fully saturated rings. The lowest BCUT2D eigenvalue weighted by Gasteiger charge is -2.34. The lowest BCUT2D eigenvalue weighted by molar-refractivity contribution is -0.146. The summed E-state index contributed by atoms with van der Waals surface area (Å²) >= 11 is 6.02. The fraction of sp³-hybridized carbons (Fsp3) is 0.409. The van der Waals surface area contributed by atoms with Gasteiger partial charge in [0.1, 0.15) is 0 Å². The van der Waals surface area contributed by atoms with E-state index in [1.165, 1.54) is 11.1 Å². The molecule has 1 atom stereocenters. The lowest BCUT2D eigenvalue weighted by atomic mass is 10.0. The van der Waals surface area contributed by atoms with Crippen molar-refractivity contribution in [1.29, 1.82) is 0 Å². The quantitative estimate of drug-likeness (QED) is 0.709. The molecule has 1 heterocycles. The summed E-state index contributed by atoms with van der Waals surface area (Å²) in [4.78, 5) is 15.3. The molecule has 144 valence electrons. The smallest absolute Gasteiger partial charge is 0.266 e. The summed E-state index contributed by atoms with van der Waals surface area (Å²) in [5.74, 6) is 0.994. The minimum absolute atomic E-state index is 0.0254. The minimum Gasteiger partial charge on any atom is -0.493 e. The summed E-state index contributed by atoms with van der Waals surface area (Å²) in [6, 6.07) is 13.6. The van der Waals surface area contributed by atoms with Crippen molar-refractivity contribution < 1.29 is 14.3 Å². The van der Waals surface area contributed by atoms with Gasteiger partial charge >= 0.3 is 0 Å². The molecule has 1 aliphatic heterocycles. The molecule has 0 saturated carbocycles. The summed E-state index contributed by atoms with van der Waals surface area (Å²) in [6.45, 7) is 6.40. The molecule has 1 saturated heterocycles. The molecule has 0 bridgehead atoms. The molecule has 0 spiro atoms. The van der Waals surface area contributed by atoms with Gasteiger partial charge in [0.15, 0.2) is 17.1 Å². The van der Waals surface area contributed by atoms with Crippen LogP contribution in [-0.4, -0.2) is 30.1 Å². The molecule has 0 aromatic heterocycles. The monoisotopic (exact) mass is 387 g/mol. The second-order valence-electron chi connectivity index (χ2n) is 7.47. The third-order valence-electron chi connectivity index (χ3n) is 4.98. The van der Waals surface area contributed by atoms with Crippen molar-refractivity contribution >= 4 is 17.5 Å². The number of nitrogens with zero attached hydrogens (tertiary/aromatic N) is 1. The average Bonchev–Trinajstić information content (AvgIpc) is 3.12. The second kappa shape index (κ2) is 7.81. The summed E-state index contributed by atoms with van der Waals surface area (Å²) in [7, 11) is 1.56. The van der Waals surface area contributed by atoms with E-state index in [9.17, 15) is 4.79 Å². The van der Waals surface area contributed by atoms with Crippen LogP contribution in [0.5, 0.6) is 11.5 Å². The molecule has 3 rings (SSSR count). The highest BCUT2D eigenvalue weighted by Crippen LogP contribution is 2.37. The van der Waals surface area contributed by atoms with Gasteiger partial charge in [-0.05, 0) is 51.3 Å². The first-order valence-electron chi connectivity index (χ1n) is 9.22. The molecule has 27 heavy (non-hydrogen) atoms. The molecule has 1 unspecified atom stereocenters.